The zero-order valence-electron chi connectivity index (χ0n) is 14.4. The van der Waals surface area contributed by atoms with E-state index >= 15 is 0 Å². The van der Waals surface area contributed by atoms with E-state index < -0.39 is 17.4 Å². The fourth-order valence-corrected chi connectivity index (χ4v) is 2.47. The number of nitrogens with one attached hydrogen (secondary N) is 1. The van der Waals surface area contributed by atoms with Gasteiger partial charge >= 0.3 is 6.18 Å². The van der Waals surface area contributed by atoms with E-state index in [1.165, 1.54) is 6.07 Å². The van der Waals surface area contributed by atoms with Crippen LogP contribution in [0.4, 0.5) is 36.2 Å². The lowest BCUT2D eigenvalue weighted by molar-refractivity contribution is -0.137. The number of hydrogen-bond donors (Lipinski definition) is 2. The summed E-state index contributed by atoms with van der Waals surface area (Å²) in [5.74, 6) is 0.443. The van der Waals surface area contributed by atoms with Crippen molar-refractivity contribution in [3.05, 3.63) is 53.3 Å². The summed E-state index contributed by atoms with van der Waals surface area (Å²) in [5, 5.41) is 10.3. The van der Waals surface area contributed by atoms with E-state index in [2.05, 4.69) is 30.5 Å². The highest BCUT2D eigenvalue weighted by atomic mass is 35.5. The molecule has 28 heavy (non-hydrogen) atoms. The maximum absolute atomic E-state index is 13.2. The van der Waals surface area contributed by atoms with E-state index in [-0.39, 0.29) is 28.2 Å². The molecular formula is C17H13ClF3N7. The summed E-state index contributed by atoms with van der Waals surface area (Å²) < 4.78 is 39.6. The third-order valence-electron chi connectivity index (χ3n) is 3.59. The molecule has 2 aromatic heterocycles. The molecule has 0 aliphatic carbocycles. The van der Waals surface area contributed by atoms with E-state index in [0.717, 1.165) is 12.1 Å². The highest BCUT2D eigenvalue weighted by molar-refractivity contribution is 6.30. The summed E-state index contributed by atoms with van der Waals surface area (Å²) in [5.41, 5.74) is 5.15. The lowest BCUT2D eigenvalue weighted by Gasteiger charge is -2.10. The molecule has 0 spiro atoms. The molecule has 0 atom stereocenters. The Kier molecular flexibility index (Phi) is 5.41. The minimum Gasteiger partial charge on any atom is -0.382 e. The van der Waals surface area contributed by atoms with Crippen molar-refractivity contribution in [2.24, 2.45) is 10.2 Å². The number of halogens is 4. The zero-order valence-corrected chi connectivity index (χ0v) is 15.1. The Labute approximate surface area is 162 Å². The fourth-order valence-electron chi connectivity index (χ4n) is 2.30. The lowest BCUT2D eigenvalue weighted by Crippen LogP contribution is -2.05. The highest BCUT2D eigenvalue weighted by Gasteiger charge is 2.34. The number of rotatable bonds is 4. The Bertz CT molecular complexity index is 1020. The molecule has 0 aliphatic rings. The van der Waals surface area contributed by atoms with Crippen LogP contribution in [0.15, 0.2) is 53.0 Å². The second-order valence-electron chi connectivity index (χ2n) is 5.48. The number of nitrogens with zero attached hydrogens (tertiary/aromatic N) is 5. The number of benzene rings is 1. The van der Waals surface area contributed by atoms with Gasteiger partial charge in [0.15, 0.2) is 23.1 Å². The van der Waals surface area contributed by atoms with Crippen LogP contribution in [0.5, 0.6) is 0 Å². The van der Waals surface area contributed by atoms with E-state index in [0.29, 0.717) is 5.56 Å². The van der Waals surface area contributed by atoms with E-state index in [9.17, 15) is 13.2 Å². The second-order valence-corrected chi connectivity index (χ2v) is 5.92. The standard InChI is InChI=1S/C17H13ClF3N7/c1-23-16-13(14(22)25-15(26-16)9-3-2-6-24-8-9)28-27-12-5-4-10(18)7-11(12)17(19,20)21/h2-8H,1H3,(H3,22,23,25,26). The summed E-state index contributed by atoms with van der Waals surface area (Å²) >= 11 is 5.66. The molecule has 0 unspecified atom stereocenters. The fraction of sp³-hybridized carbons (Fsp3) is 0.118. The number of azo groups is 1. The first-order chi connectivity index (χ1) is 13.3. The number of pyridine rings is 1. The molecule has 3 aromatic rings. The molecule has 0 aliphatic heterocycles. The third kappa shape index (κ3) is 4.17. The molecule has 3 rings (SSSR count). The molecule has 0 saturated carbocycles. The van der Waals surface area contributed by atoms with Crippen LogP contribution in [0, 0.1) is 0 Å². The van der Waals surface area contributed by atoms with Crippen molar-refractivity contribution in [2.75, 3.05) is 18.1 Å². The summed E-state index contributed by atoms with van der Waals surface area (Å²) in [6, 6.07) is 6.64. The van der Waals surface area contributed by atoms with Gasteiger partial charge in [-0.3, -0.25) is 4.98 Å². The summed E-state index contributed by atoms with van der Waals surface area (Å²) in [6.45, 7) is 0. The maximum Gasteiger partial charge on any atom is 0.418 e. The normalized spacial score (nSPS) is 11.8. The SMILES string of the molecule is CNc1nc(-c2cccnc2)nc(N)c1N=Nc1ccc(Cl)cc1C(F)(F)F. The zero-order chi connectivity index (χ0) is 20.3. The van der Waals surface area contributed by atoms with Crippen LogP contribution in [0.1, 0.15) is 5.56 Å². The van der Waals surface area contributed by atoms with Gasteiger partial charge in [0.2, 0.25) is 0 Å². The Morgan fingerprint density at radius 1 is 1.14 bits per heavy atom. The van der Waals surface area contributed by atoms with Gasteiger partial charge in [0.05, 0.1) is 11.3 Å². The maximum atomic E-state index is 13.2. The first-order valence-electron chi connectivity index (χ1n) is 7.83. The van der Waals surface area contributed by atoms with Crippen LogP contribution in [-0.4, -0.2) is 22.0 Å². The van der Waals surface area contributed by atoms with Gasteiger partial charge in [0.1, 0.15) is 0 Å². The molecule has 0 saturated heterocycles. The Morgan fingerprint density at radius 3 is 2.57 bits per heavy atom. The monoisotopic (exact) mass is 407 g/mol. The largest absolute Gasteiger partial charge is 0.418 e. The Morgan fingerprint density at radius 2 is 1.93 bits per heavy atom. The van der Waals surface area contributed by atoms with Gasteiger partial charge in [-0.1, -0.05) is 11.6 Å². The lowest BCUT2D eigenvalue weighted by atomic mass is 10.2. The quantitative estimate of drug-likeness (QED) is 0.575. The molecule has 2 heterocycles. The minimum atomic E-state index is -4.64. The number of nitrogens with two attached hydrogens (primary N) is 1. The first kappa shape index (κ1) is 19.5. The van der Waals surface area contributed by atoms with Crippen molar-refractivity contribution in [2.45, 2.75) is 6.18 Å². The molecule has 11 heteroatoms. The average molecular weight is 408 g/mol. The molecule has 144 valence electrons. The summed E-state index contributed by atoms with van der Waals surface area (Å²) in [7, 11) is 1.57. The Hall–Kier alpha value is -3.27. The van der Waals surface area contributed by atoms with Gasteiger partial charge in [-0.25, -0.2) is 9.97 Å². The van der Waals surface area contributed by atoms with E-state index in [1.54, 1.807) is 31.6 Å². The molecule has 7 nitrogen and oxygen atoms in total. The molecule has 3 N–H and O–H groups in total. The molecule has 0 radical (unpaired) electrons. The van der Waals surface area contributed by atoms with Gasteiger partial charge in [0, 0.05) is 30.0 Å². The molecule has 0 bridgehead atoms. The first-order valence-corrected chi connectivity index (χ1v) is 8.21. The van der Waals surface area contributed by atoms with Gasteiger partial charge in [0.25, 0.3) is 0 Å². The van der Waals surface area contributed by atoms with Crippen LogP contribution in [0.25, 0.3) is 11.4 Å². The van der Waals surface area contributed by atoms with Crippen LogP contribution in [-0.2, 0) is 6.18 Å². The number of aromatic nitrogens is 3. The van der Waals surface area contributed by atoms with Crippen LogP contribution >= 0.6 is 11.6 Å². The second kappa shape index (κ2) is 7.77. The number of anilines is 2. The average Bonchev–Trinajstić information content (AvgIpc) is 2.67. The van der Waals surface area contributed by atoms with Crippen LogP contribution in [0.3, 0.4) is 0 Å². The van der Waals surface area contributed by atoms with Gasteiger partial charge in [-0.15, -0.1) is 10.2 Å². The van der Waals surface area contributed by atoms with Crippen molar-refractivity contribution >= 4 is 34.6 Å². The molecule has 0 fully saturated rings. The van der Waals surface area contributed by atoms with Crippen molar-refractivity contribution in [1.29, 1.82) is 0 Å². The third-order valence-corrected chi connectivity index (χ3v) is 3.82. The van der Waals surface area contributed by atoms with Crippen molar-refractivity contribution in [1.82, 2.24) is 15.0 Å². The predicted molar refractivity (Wildman–Crippen MR) is 99.9 cm³/mol. The Balaban J connectivity index is 2.04. The molecule has 0 amide bonds. The van der Waals surface area contributed by atoms with Gasteiger partial charge in [-0.05, 0) is 30.3 Å². The van der Waals surface area contributed by atoms with Crippen molar-refractivity contribution in [3.63, 3.8) is 0 Å². The van der Waals surface area contributed by atoms with Gasteiger partial charge < -0.3 is 11.1 Å². The summed E-state index contributed by atoms with van der Waals surface area (Å²) in [4.78, 5) is 12.4. The topological polar surface area (TPSA) is 101 Å². The van der Waals surface area contributed by atoms with Crippen LogP contribution < -0.4 is 11.1 Å². The number of hydrogen-bond acceptors (Lipinski definition) is 7. The minimum absolute atomic E-state index is 0.0122. The van der Waals surface area contributed by atoms with Crippen LogP contribution in [0.2, 0.25) is 5.02 Å². The number of nitrogen functional groups attached to an aromatic ring is 1. The smallest absolute Gasteiger partial charge is 0.382 e. The van der Waals surface area contributed by atoms with E-state index in [4.69, 9.17) is 17.3 Å². The van der Waals surface area contributed by atoms with Crippen molar-refractivity contribution in [3.8, 4) is 11.4 Å². The van der Waals surface area contributed by atoms with Crippen molar-refractivity contribution < 1.29 is 13.2 Å². The molecule has 1 aromatic carbocycles. The highest BCUT2D eigenvalue weighted by Crippen LogP contribution is 2.39. The summed E-state index contributed by atoms with van der Waals surface area (Å²) in [6.07, 6.45) is -1.49. The molecular weight excluding hydrogens is 395 g/mol. The van der Waals surface area contributed by atoms with E-state index in [1.807, 2.05) is 0 Å². The number of alkyl halides is 3. The van der Waals surface area contributed by atoms with Gasteiger partial charge in [-0.2, -0.15) is 13.2 Å². The predicted octanol–water partition coefficient (Wildman–Crippen LogP) is 5.25.